The molecular weight excluding hydrogens is 246 g/mol. The minimum atomic E-state index is -0.656. The Morgan fingerprint density at radius 3 is 2.55 bits per heavy atom. The number of nitrogens with zero attached hydrogens (tertiary/aromatic N) is 1. The molecular formula is C18H25NO. The smallest absolute Gasteiger partial charge is 0.0978 e. The van der Waals surface area contributed by atoms with Crippen molar-refractivity contribution in [1.29, 1.82) is 5.26 Å². The molecule has 0 radical (unpaired) electrons. The lowest BCUT2D eigenvalue weighted by molar-refractivity contribution is 0.0232. The zero-order valence-corrected chi connectivity index (χ0v) is 12.6. The van der Waals surface area contributed by atoms with Gasteiger partial charge in [0.25, 0.3) is 0 Å². The van der Waals surface area contributed by atoms with E-state index in [9.17, 15) is 10.4 Å². The predicted molar refractivity (Wildman–Crippen MR) is 81.1 cm³/mol. The van der Waals surface area contributed by atoms with Gasteiger partial charge in [-0.1, -0.05) is 44.0 Å². The van der Waals surface area contributed by atoms with Crippen molar-refractivity contribution < 1.29 is 5.11 Å². The maximum absolute atomic E-state index is 10.8. The molecule has 0 spiro atoms. The Hall–Kier alpha value is -1.33. The van der Waals surface area contributed by atoms with Gasteiger partial charge in [-0.05, 0) is 49.7 Å². The molecule has 2 rings (SSSR count). The molecule has 108 valence electrons. The van der Waals surface area contributed by atoms with Gasteiger partial charge in [0.1, 0.15) is 0 Å². The quantitative estimate of drug-likeness (QED) is 0.874. The van der Waals surface area contributed by atoms with Gasteiger partial charge in [0.05, 0.1) is 17.6 Å². The van der Waals surface area contributed by atoms with Gasteiger partial charge in [0.15, 0.2) is 0 Å². The molecule has 1 aromatic carbocycles. The summed E-state index contributed by atoms with van der Waals surface area (Å²) in [5.74, 6) is 0.741. The lowest BCUT2D eigenvalue weighted by Gasteiger charge is -2.38. The number of aryl methyl sites for hydroxylation is 1. The fraction of sp³-hybridized carbons (Fsp3) is 0.611. The van der Waals surface area contributed by atoms with Gasteiger partial charge in [-0.3, -0.25) is 0 Å². The van der Waals surface area contributed by atoms with Crippen LogP contribution in [0.15, 0.2) is 24.3 Å². The molecule has 0 aromatic heterocycles. The van der Waals surface area contributed by atoms with Gasteiger partial charge >= 0.3 is 0 Å². The summed E-state index contributed by atoms with van der Waals surface area (Å²) in [7, 11) is 0. The van der Waals surface area contributed by atoms with Crippen molar-refractivity contribution in [3.05, 3.63) is 35.4 Å². The maximum Gasteiger partial charge on any atom is 0.0978 e. The third kappa shape index (κ3) is 2.88. The summed E-state index contributed by atoms with van der Waals surface area (Å²) in [4.78, 5) is 0. The Labute approximate surface area is 122 Å². The standard InChI is InChI=1S/C18H25NO/c1-3-6-15-9-11-18(13-19,12-10-15)17(20)16-8-5-4-7-14(16)2/h4-5,7-8,15,17,20H,3,6,9-12H2,1-2H3. The second kappa shape index (κ2) is 6.41. The van der Waals surface area contributed by atoms with E-state index < -0.39 is 11.5 Å². The first-order valence-corrected chi connectivity index (χ1v) is 7.78. The number of benzene rings is 1. The first kappa shape index (κ1) is 15.1. The lowest BCUT2D eigenvalue weighted by Crippen LogP contribution is -2.32. The van der Waals surface area contributed by atoms with Crippen LogP contribution in [0.2, 0.25) is 0 Å². The zero-order chi connectivity index (χ0) is 14.6. The first-order valence-electron chi connectivity index (χ1n) is 7.78. The van der Waals surface area contributed by atoms with Crippen molar-refractivity contribution >= 4 is 0 Å². The molecule has 1 aliphatic carbocycles. The van der Waals surface area contributed by atoms with Crippen LogP contribution in [-0.2, 0) is 0 Å². The minimum absolute atomic E-state index is 0.587. The highest BCUT2D eigenvalue weighted by molar-refractivity contribution is 5.31. The van der Waals surface area contributed by atoms with Crippen molar-refractivity contribution in [2.45, 2.75) is 58.5 Å². The number of aliphatic hydroxyl groups excluding tert-OH is 1. The van der Waals surface area contributed by atoms with Crippen molar-refractivity contribution in [3.8, 4) is 6.07 Å². The van der Waals surface area contributed by atoms with Crippen LogP contribution in [0.4, 0.5) is 0 Å². The first-order chi connectivity index (χ1) is 9.63. The molecule has 0 heterocycles. The van der Waals surface area contributed by atoms with Gasteiger partial charge in [-0.25, -0.2) is 0 Å². The third-order valence-electron chi connectivity index (χ3n) is 4.92. The number of nitriles is 1. The highest BCUT2D eigenvalue weighted by atomic mass is 16.3. The SMILES string of the molecule is CCCC1CCC(C#N)(C(O)c2ccccc2C)CC1. The van der Waals surface area contributed by atoms with Gasteiger partial charge < -0.3 is 5.11 Å². The van der Waals surface area contributed by atoms with E-state index in [2.05, 4.69) is 13.0 Å². The summed E-state index contributed by atoms with van der Waals surface area (Å²) >= 11 is 0. The fourth-order valence-electron chi connectivity index (χ4n) is 3.53. The van der Waals surface area contributed by atoms with Crippen LogP contribution in [0.5, 0.6) is 0 Å². The Morgan fingerprint density at radius 2 is 2.00 bits per heavy atom. The average molecular weight is 271 g/mol. The highest BCUT2D eigenvalue weighted by Crippen LogP contribution is 2.48. The van der Waals surface area contributed by atoms with Gasteiger partial charge in [0.2, 0.25) is 0 Å². The lowest BCUT2D eigenvalue weighted by atomic mass is 9.66. The van der Waals surface area contributed by atoms with E-state index in [0.717, 1.165) is 42.7 Å². The molecule has 0 saturated heterocycles. The van der Waals surface area contributed by atoms with E-state index in [0.29, 0.717) is 0 Å². The second-order valence-electron chi connectivity index (χ2n) is 6.26. The Morgan fingerprint density at radius 1 is 1.35 bits per heavy atom. The summed E-state index contributed by atoms with van der Waals surface area (Å²) in [6.07, 6.45) is 5.60. The molecule has 1 aromatic rings. The molecule has 1 saturated carbocycles. The van der Waals surface area contributed by atoms with Crippen LogP contribution >= 0.6 is 0 Å². The Balaban J connectivity index is 2.17. The van der Waals surface area contributed by atoms with Crippen LogP contribution < -0.4 is 0 Å². The van der Waals surface area contributed by atoms with E-state index in [1.165, 1.54) is 12.8 Å². The van der Waals surface area contributed by atoms with Crippen molar-refractivity contribution in [2.24, 2.45) is 11.3 Å². The normalized spacial score (nSPS) is 27.8. The third-order valence-corrected chi connectivity index (χ3v) is 4.92. The maximum atomic E-state index is 10.8. The summed E-state index contributed by atoms with van der Waals surface area (Å²) in [6.45, 7) is 4.22. The topological polar surface area (TPSA) is 44.0 Å². The molecule has 1 fully saturated rings. The second-order valence-corrected chi connectivity index (χ2v) is 6.26. The van der Waals surface area contributed by atoms with E-state index in [1.807, 2.05) is 31.2 Å². The molecule has 0 amide bonds. The number of hydrogen-bond donors (Lipinski definition) is 1. The summed E-state index contributed by atoms with van der Waals surface area (Å²) < 4.78 is 0. The Bertz CT molecular complexity index is 480. The fourth-order valence-corrected chi connectivity index (χ4v) is 3.53. The number of rotatable bonds is 4. The molecule has 1 aliphatic rings. The molecule has 1 N–H and O–H groups in total. The van der Waals surface area contributed by atoms with Crippen LogP contribution in [0.25, 0.3) is 0 Å². The van der Waals surface area contributed by atoms with Gasteiger partial charge in [-0.2, -0.15) is 5.26 Å². The molecule has 2 nitrogen and oxygen atoms in total. The molecule has 20 heavy (non-hydrogen) atoms. The van der Waals surface area contributed by atoms with E-state index in [1.54, 1.807) is 0 Å². The van der Waals surface area contributed by atoms with Gasteiger partial charge in [-0.15, -0.1) is 0 Å². The van der Waals surface area contributed by atoms with E-state index in [4.69, 9.17) is 0 Å². The average Bonchev–Trinajstić information content (AvgIpc) is 2.48. The number of hydrogen-bond acceptors (Lipinski definition) is 2. The highest BCUT2D eigenvalue weighted by Gasteiger charge is 2.42. The van der Waals surface area contributed by atoms with Crippen LogP contribution in [0.1, 0.15) is 62.7 Å². The van der Waals surface area contributed by atoms with Crippen molar-refractivity contribution in [2.75, 3.05) is 0 Å². The summed E-state index contributed by atoms with van der Waals surface area (Å²) in [5.41, 5.74) is 1.41. The van der Waals surface area contributed by atoms with Crippen molar-refractivity contribution in [3.63, 3.8) is 0 Å². The predicted octanol–water partition coefficient (Wildman–Crippen LogP) is 4.53. The molecule has 0 aliphatic heterocycles. The summed E-state index contributed by atoms with van der Waals surface area (Å²) in [5, 5.41) is 20.4. The van der Waals surface area contributed by atoms with E-state index >= 15 is 0 Å². The minimum Gasteiger partial charge on any atom is -0.387 e. The van der Waals surface area contributed by atoms with Crippen LogP contribution in [-0.4, -0.2) is 5.11 Å². The monoisotopic (exact) mass is 271 g/mol. The molecule has 0 bridgehead atoms. The largest absolute Gasteiger partial charge is 0.387 e. The summed E-state index contributed by atoms with van der Waals surface area (Å²) in [6, 6.07) is 10.3. The molecule has 1 atom stereocenters. The van der Waals surface area contributed by atoms with Crippen LogP contribution in [0.3, 0.4) is 0 Å². The Kier molecular flexibility index (Phi) is 4.83. The van der Waals surface area contributed by atoms with E-state index in [-0.39, 0.29) is 0 Å². The molecule has 2 heteroatoms. The zero-order valence-electron chi connectivity index (χ0n) is 12.6. The van der Waals surface area contributed by atoms with Gasteiger partial charge in [0, 0.05) is 0 Å². The molecule has 1 unspecified atom stereocenters. The van der Waals surface area contributed by atoms with Crippen LogP contribution in [0, 0.1) is 29.6 Å². The number of aliphatic hydroxyl groups is 1. The van der Waals surface area contributed by atoms with Crippen molar-refractivity contribution in [1.82, 2.24) is 0 Å².